The standard InChI is InChI=1S/C17H28N2/c1-4-15-8-10-19(13-15)11-9-17(18-3)16-7-5-6-14(2)12-16/h5-7,12,15,17-18H,4,8-11,13H2,1-3H3. The van der Waals surface area contributed by atoms with Crippen LogP contribution in [0.3, 0.4) is 0 Å². The molecule has 2 nitrogen and oxygen atoms in total. The Hall–Kier alpha value is -0.860. The van der Waals surface area contributed by atoms with E-state index in [0.717, 1.165) is 5.92 Å². The first kappa shape index (κ1) is 14.5. The summed E-state index contributed by atoms with van der Waals surface area (Å²) >= 11 is 0. The van der Waals surface area contributed by atoms with Crippen molar-refractivity contribution in [2.75, 3.05) is 26.7 Å². The average molecular weight is 260 g/mol. The van der Waals surface area contributed by atoms with Gasteiger partial charge in [-0.25, -0.2) is 0 Å². The van der Waals surface area contributed by atoms with Crippen molar-refractivity contribution >= 4 is 0 Å². The summed E-state index contributed by atoms with van der Waals surface area (Å²) in [5, 5.41) is 3.47. The highest BCUT2D eigenvalue weighted by Gasteiger charge is 2.21. The van der Waals surface area contributed by atoms with Crippen molar-refractivity contribution in [1.82, 2.24) is 10.2 Å². The van der Waals surface area contributed by atoms with Gasteiger partial charge in [-0.2, -0.15) is 0 Å². The minimum absolute atomic E-state index is 0.487. The number of hydrogen-bond acceptors (Lipinski definition) is 2. The number of nitrogens with zero attached hydrogens (tertiary/aromatic N) is 1. The van der Waals surface area contributed by atoms with Crippen LogP contribution in [0.2, 0.25) is 0 Å². The fourth-order valence-corrected chi connectivity index (χ4v) is 3.13. The summed E-state index contributed by atoms with van der Waals surface area (Å²) in [5.41, 5.74) is 2.78. The van der Waals surface area contributed by atoms with Gasteiger partial charge in [0.1, 0.15) is 0 Å². The van der Waals surface area contributed by atoms with Gasteiger partial charge in [0.15, 0.2) is 0 Å². The van der Waals surface area contributed by atoms with Crippen LogP contribution in [0.25, 0.3) is 0 Å². The van der Waals surface area contributed by atoms with E-state index in [1.54, 1.807) is 0 Å². The molecule has 0 radical (unpaired) electrons. The molecule has 1 aliphatic rings. The lowest BCUT2D eigenvalue weighted by Crippen LogP contribution is -2.26. The molecule has 1 N–H and O–H groups in total. The average Bonchev–Trinajstić information content (AvgIpc) is 2.87. The largest absolute Gasteiger partial charge is 0.313 e. The maximum Gasteiger partial charge on any atom is 0.0329 e. The van der Waals surface area contributed by atoms with Crippen LogP contribution in [-0.4, -0.2) is 31.6 Å². The Labute approximate surface area is 118 Å². The molecule has 0 bridgehead atoms. The van der Waals surface area contributed by atoms with E-state index in [4.69, 9.17) is 0 Å². The Kier molecular flexibility index (Phi) is 5.41. The van der Waals surface area contributed by atoms with Crippen LogP contribution in [0.1, 0.15) is 43.4 Å². The van der Waals surface area contributed by atoms with Gasteiger partial charge in [-0.15, -0.1) is 0 Å². The third-order valence-electron chi connectivity index (χ3n) is 4.47. The Balaban J connectivity index is 1.86. The highest BCUT2D eigenvalue weighted by molar-refractivity contribution is 5.25. The Bertz CT molecular complexity index is 389. The van der Waals surface area contributed by atoms with E-state index < -0.39 is 0 Å². The maximum absolute atomic E-state index is 3.47. The lowest BCUT2D eigenvalue weighted by atomic mass is 10.0. The smallest absolute Gasteiger partial charge is 0.0329 e. The lowest BCUT2D eigenvalue weighted by molar-refractivity contribution is 0.301. The summed E-state index contributed by atoms with van der Waals surface area (Å²) in [5.74, 6) is 0.937. The quantitative estimate of drug-likeness (QED) is 0.843. The summed E-state index contributed by atoms with van der Waals surface area (Å²) in [6.45, 7) is 8.30. The molecule has 1 fully saturated rings. The summed E-state index contributed by atoms with van der Waals surface area (Å²) in [4.78, 5) is 2.63. The predicted molar refractivity (Wildman–Crippen MR) is 82.4 cm³/mol. The van der Waals surface area contributed by atoms with Crippen LogP contribution in [0.15, 0.2) is 24.3 Å². The van der Waals surface area contributed by atoms with E-state index in [2.05, 4.69) is 55.4 Å². The van der Waals surface area contributed by atoms with Gasteiger partial charge in [-0.05, 0) is 51.4 Å². The molecule has 19 heavy (non-hydrogen) atoms. The van der Waals surface area contributed by atoms with Crippen molar-refractivity contribution in [3.05, 3.63) is 35.4 Å². The zero-order valence-corrected chi connectivity index (χ0v) is 12.7. The van der Waals surface area contributed by atoms with Crippen molar-refractivity contribution in [1.29, 1.82) is 0 Å². The number of benzene rings is 1. The van der Waals surface area contributed by atoms with Crippen LogP contribution in [-0.2, 0) is 0 Å². The molecule has 106 valence electrons. The van der Waals surface area contributed by atoms with E-state index in [9.17, 15) is 0 Å². The van der Waals surface area contributed by atoms with Crippen molar-refractivity contribution in [3.8, 4) is 0 Å². The first-order chi connectivity index (χ1) is 9.22. The molecule has 1 saturated heterocycles. The first-order valence-electron chi connectivity index (χ1n) is 7.69. The first-order valence-corrected chi connectivity index (χ1v) is 7.69. The predicted octanol–water partition coefficient (Wildman–Crippen LogP) is 3.38. The van der Waals surface area contributed by atoms with Crippen molar-refractivity contribution in [3.63, 3.8) is 0 Å². The molecule has 1 aliphatic heterocycles. The lowest BCUT2D eigenvalue weighted by Gasteiger charge is -2.21. The van der Waals surface area contributed by atoms with Crippen LogP contribution >= 0.6 is 0 Å². The molecule has 0 saturated carbocycles. The molecule has 0 aliphatic carbocycles. The molecule has 1 heterocycles. The van der Waals surface area contributed by atoms with Crippen molar-refractivity contribution < 1.29 is 0 Å². The molecule has 0 amide bonds. The van der Waals surface area contributed by atoms with Gasteiger partial charge < -0.3 is 10.2 Å². The molecule has 0 aromatic heterocycles. The molecule has 1 aromatic rings. The Morgan fingerprint density at radius 1 is 1.42 bits per heavy atom. The van der Waals surface area contributed by atoms with E-state index in [1.807, 2.05) is 0 Å². The van der Waals surface area contributed by atoms with Crippen LogP contribution < -0.4 is 5.32 Å². The number of aryl methyl sites for hydroxylation is 1. The Morgan fingerprint density at radius 3 is 2.89 bits per heavy atom. The molecule has 0 spiro atoms. The zero-order chi connectivity index (χ0) is 13.7. The van der Waals surface area contributed by atoms with Crippen molar-refractivity contribution in [2.24, 2.45) is 5.92 Å². The van der Waals surface area contributed by atoms with Gasteiger partial charge in [-0.3, -0.25) is 0 Å². The van der Waals surface area contributed by atoms with Gasteiger partial charge in [0.05, 0.1) is 0 Å². The second-order valence-electron chi connectivity index (χ2n) is 5.91. The van der Waals surface area contributed by atoms with Gasteiger partial charge in [0, 0.05) is 12.6 Å². The maximum atomic E-state index is 3.47. The minimum atomic E-state index is 0.487. The normalized spacial score (nSPS) is 21.7. The molecular weight excluding hydrogens is 232 g/mol. The molecule has 2 rings (SSSR count). The molecule has 2 unspecified atom stereocenters. The van der Waals surface area contributed by atoms with E-state index in [1.165, 1.54) is 50.0 Å². The molecule has 1 aromatic carbocycles. The third kappa shape index (κ3) is 4.05. The summed E-state index contributed by atoms with van der Waals surface area (Å²) in [6, 6.07) is 9.37. The highest BCUT2D eigenvalue weighted by Crippen LogP contribution is 2.22. The van der Waals surface area contributed by atoms with Crippen LogP contribution in [0, 0.1) is 12.8 Å². The van der Waals surface area contributed by atoms with Crippen LogP contribution in [0.4, 0.5) is 0 Å². The number of hydrogen-bond donors (Lipinski definition) is 1. The summed E-state index contributed by atoms with van der Waals surface area (Å²) in [6.07, 6.45) is 3.94. The number of likely N-dealkylation sites (tertiary alicyclic amines) is 1. The van der Waals surface area contributed by atoms with Gasteiger partial charge >= 0.3 is 0 Å². The summed E-state index contributed by atoms with van der Waals surface area (Å²) in [7, 11) is 2.08. The fourth-order valence-electron chi connectivity index (χ4n) is 3.13. The van der Waals surface area contributed by atoms with Gasteiger partial charge in [-0.1, -0.05) is 43.2 Å². The van der Waals surface area contributed by atoms with Crippen LogP contribution in [0.5, 0.6) is 0 Å². The van der Waals surface area contributed by atoms with Gasteiger partial charge in [0.25, 0.3) is 0 Å². The second-order valence-corrected chi connectivity index (χ2v) is 5.91. The third-order valence-corrected chi connectivity index (χ3v) is 4.47. The zero-order valence-electron chi connectivity index (χ0n) is 12.7. The second kappa shape index (κ2) is 7.06. The van der Waals surface area contributed by atoms with Gasteiger partial charge in [0.2, 0.25) is 0 Å². The Morgan fingerprint density at radius 2 is 2.26 bits per heavy atom. The highest BCUT2D eigenvalue weighted by atomic mass is 15.1. The topological polar surface area (TPSA) is 15.3 Å². The molecular formula is C17H28N2. The summed E-state index contributed by atoms with van der Waals surface area (Å²) < 4.78 is 0. The number of nitrogens with one attached hydrogen (secondary N) is 1. The number of rotatable bonds is 6. The fraction of sp³-hybridized carbons (Fsp3) is 0.647. The minimum Gasteiger partial charge on any atom is -0.313 e. The van der Waals surface area contributed by atoms with E-state index >= 15 is 0 Å². The molecule has 2 atom stereocenters. The SMILES string of the molecule is CCC1CCN(CCC(NC)c2cccc(C)c2)C1. The van der Waals surface area contributed by atoms with E-state index in [0.29, 0.717) is 6.04 Å². The monoisotopic (exact) mass is 260 g/mol. The van der Waals surface area contributed by atoms with Crippen molar-refractivity contribution in [2.45, 2.75) is 39.2 Å². The van der Waals surface area contributed by atoms with E-state index in [-0.39, 0.29) is 0 Å². The molecule has 2 heteroatoms.